The van der Waals surface area contributed by atoms with E-state index in [4.69, 9.17) is 5.73 Å². The van der Waals surface area contributed by atoms with Crippen LogP contribution in [-0.4, -0.2) is 17.2 Å². The lowest BCUT2D eigenvalue weighted by molar-refractivity contribution is 0.491. The van der Waals surface area contributed by atoms with Gasteiger partial charge in [-0.25, -0.2) is 0 Å². The predicted octanol–water partition coefficient (Wildman–Crippen LogP) is 3.83. The second-order valence-corrected chi connectivity index (χ2v) is 6.24. The van der Waals surface area contributed by atoms with Gasteiger partial charge >= 0.3 is 0 Å². The number of nitrogen functional groups attached to an aromatic ring is 1. The third-order valence-electron chi connectivity index (χ3n) is 3.43. The molecule has 1 aliphatic carbocycles. The maximum Gasteiger partial charge on any atom is 0.153 e. The Morgan fingerprint density at radius 3 is 2.94 bits per heavy atom. The molecule has 3 nitrogen and oxygen atoms in total. The van der Waals surface area contributed by atoms with Crippen LogP contribution in [-0.2, 0) is 0 Å². The molecule has 0 amide bonds. The van der Waals surface area contributed by atoms with Gasteiger partial charge in [0.2, 0.25) is 0 Å². The van der Waals surface area contributed by atoms with Crippen LogP contribution in [0.1, 0.15) is 38.5 Å². The smallest absolute Gasteiger partial charge is 0.153 e. The molecular formula is C12H21N3S2. The van der Waals surface area contributed by atoms with Crippen molar-refractivity contribution in [3.05, 3.63) is 0 Å². The van der Waals surface area contributed by atoms with E-state index in [9.17, 15) is 0 Å². The van der Waals surface area contributed by atoms with Crippen LogP contribution in [0, 0.1) is 5.92 Å². The third-order valence-corrected chi connectivity index (χ3v) is 5.20. The largest absolute Gasteiger partial charge is 0.382 e. The van der Waals surface area contributed by atoms with Gasteiger partial charge in [0.15, 0.2) is 5.82 Å². The summed E-state index contributed by atoms with van der Waals surface area (Å²) in [7, 11) is 0. The number of hydrogen-bond acceptors (Lipinski definition) is 5. The molecule has 0 bridgehead atoms. The summed E-state index contributed by atoms with van der Waals surface area (Å²) < 4.78 is 4.18. The minimum atomic E-state index is 0.667. The lowest BCUT2D eigenvalue weighted by Gasteiger charge is -2.09. The van der Waals surface area contributed by atoms with Crippen molar-refractivity contribution in [1.82, 2.24) is 4.37 Å². The number of hydrogen-bond donors (Lipinski definition) is 2. The number of nitrogens with two attached hydrogens (primary N) is 1. The van der Waals surface area contributed by atoms with Gasteiger partial charge < -0.3 is 11.1 Å². The SMILES string of the molecule is CSc1c(N)nsc1NCCCC1CCCC1. The Morgan fingerprint density at radius 2 is 2.24 bits per heavy atom. The second kappa shape index (κ2) is 6.50. The highest BCUT2D eigenvalue weighted by Crippen LogP contribution is 2.34. The highest BCUT2D eigenvalue weighted by Gasteiger charge is 2.14. The minimum Gasteiger partial charge on any atom is -0.382 e. The number of rotatable bonds is 6. The van der Waals surface area contributed by atoms with E-state index in [1.165, 1.54) is 50.1 Å². The van der Waals surface area contributed by atoms with Gasteiger partial charge in [0.1, 0.15) is 5.00 Å². The Kier molecular flexibility index (Phi) is 4.98. The summed E-state index contributed by atoms with van der Waals surface area (Å²) in [6, 6.07) is 0. The Hall–Kier alpha value is -0.420. The van der Waals surface area contributed by atoms with E-state index in [2.05, 4.69) is 9.69 Å². The molecule has 0 spiro atoms. The van der Waals surface area contributed by atoms with Gasteiger partial charge in [0, 0.05) is 6.54 Å². The Balaban J connectivity index is 1.70. The van der Waals surface area contributed by atoms with Gasteiger partial charge in [0.25, 0.3) is 0 Å². The molecule has 0 atom stereocenters. The van der Waals surface area contributed by atoms with E-state index in [0.29, 0.717) is 5.82 Å². The molecule has 1 fully saturated rings. The Labute approximate surface area is 112 Å². The molecule has 1 heterocycles. The molecule has 1 aromatic heterocycles. The molecule has 1 aromatic rings. The number of anilines is 2. The summed E-state index contributed by atoms with van der Waals surface area (Å²) in [6.07, 6.45) is 10.5. The fourth-order valence-corrected chi connectivity index (χ4v) is 4.06. The molecule has 17 heavy (non-hydrogen) atoms. The monoisotopic (exact) mass is 271 g/mol. The van der Waals surface area contributed by atoms with Crippen LogP contribution in [0.15, 0.2) is 4.90 Å². The number of nitrogens with one attached hydrogen (secondary N) is 1. The van der Waals surface area contributed by atoms with E-state index in [0.717, 1.165) is 22.4 Å². The zero-order valence-electron chi connectivity index (χ0n) is 10.4. The first-order valence-corrected chi connectivity index (χ1v) is 8.34. The van der Waals surface area contributed by atoms with E-state index < -0.39 is 0 Å². The van der Waals surface area contributed by atoms with Crippen molar-refractivity contribution in [2.24, 2.45) is 5.92 Å². The summed E-state index contributed by atoms with van der Waals surface area (Å²) in [5.41, 5.74) is 5.79. The molecule has 2 rings (SSSR count). The molecule has 96 valence electrons. The van der Waals surface area contributed by atoms with Crippen LogP contribution in [0.4, 0.5) is 10.8 Å². The number of nitrogens with zero attached hydrogens (tertiary/aromatic N) is 1. The molecule has 0 radical (unpaired) electrons. The van der Waals surface area contributed by atoms with Crippen LogP contribution in [0.5, 0.6) is 0 Å². The fourth-order valence-electron chi connectivity index (χ4n) is 2.50. The molecule has 5 heteroatoms. The molecule has 1 aliphatic rings. The number of aromatic nitrogens is 1. The van der Waals surface area contributed by atoms with Crippen molar-refractivity contribution in [1.29, 1.82) is 0 Å². The van der Waals surface area contributed by atoms with Gasteiger partial charge in [-0.15, -0.1) is 11.8 Å². The quantitative estimate of drug-likeness (QED) is 0.610. The van der Waals surface area contributed by atoms with Crippen LogP contribution in [0.25, 0.3) is 0 Å². The van der Waals surface area contributed by atoms with Crippen molar-refractivity contribution in [3.63, 3.8) is 0 Å². The lowest BCUT2D eigenvalue weighted by Crippen LogP contribution is -2.03. The average molecular weight is 271 g/mol. The zero-order chi connectivity index (χ0) is 12.1. The summed E-state index contributed by atoms with van der Waals surface area (Å²) >= 11 is 3.15. The lowest BCUT2D eigenvalue weighted by atomic mass is 10.0. The molecule has 3 N–H and O–H groups in total. The van der Waals surface area contributed by atoms with Crippen molar-refractivity contribution in [2.45, 2.75) is 43.4 Å². The third kappa shape index (κ3) is 3.52. The highest BCUT2D eigenvalue weighted by molar-refractivity contribution is 7.99. The van der Waals surface area contributed by atoms with Crippen molar-refractivity contribution < 1.29 is 0 Å². The predicted molar refractivity (Wildman–Crippen MR) is 78.0 cm³/mol. The first-order valence-electron chi connectivity index (χ1n) is 6.34. The molecule has 0 aliphatic heterocycles. The summed E-state index contributed by atoms with van der Waals surface area (Å²) in [5.74, 6) is 1.66. The molecule has 0 aromatic carbocycles. The maximum absolute atomic E-state index is 5.79. The van der Waals surface area contributed by atoms with E-state index in [1.54, 1.807) is 11.8 Å². The van der Waals surface area contributed by atoms with Crippen molar-refractivity contribution in [3.8, 4) is 0 Å². The summed E-state index contributed by atoms with van der Waals surface area (Å²) in [4.78, 5) is 1.11. The van der Waals surface area contributed by atoms with E-state index in [-0.39, 0.29) is 0 Å². The maximum atomic E-state index is 5.79. The zero-order valence-corrected chi connectivity index (χ0v) is 12.0. The number of thioether (sulfide) groups is 1. The van der Waals surface area contributed by atoms with Gasteiger partial charge in [-0.1, -0.05) is 25.7 Å². The molecule has 0 unspecified atom stereocenters. The van der Waals surface area contributed by atoms with E-state index >= 15 is 0 Å². The van der Waals surface area contributed by atoms with Gasteiger partial charge in [-0.2, -0.15) is 4.37 Å². The standard InChI is InChI=1S/C12H21N3S2/c1-16-10-11(13)15-17-12(10)14-8-4-7-9-5-2-3-6-9/h9,14H,2-8H2,1H3,(H2,13,15). The first kappa shape index (κ1) is 13.0. The fraction of sp³-hybridized carbons (Fsp3) is 0.750. The van der Waals surface area contributed by atoms with Gasteiger partial charge in [-0.3, -0.25) is 0 Å². The molecule has 1 saturated carbocycles. The normalized spacial score (nSPS) is 16.5. The van der Waals surface area contributed by atoms with E-state index in [1.807, 2.05) is 6.26 Å². The molecular weight excluding hydrogens is 250 g/mol. The second-order valence-electron chi connectivity index (χ2n) is 4.65. The average Bonchev–Trinajstić information content (AvgIpc) is 2.94. The summed E-state index contributed by atoms with van der Waals surface area (Å²) in [6.45, 7) is 1.05. The summed E-state index contributed by atoms with van der Waals surface area (Å²) in [5, 5.41) is 4.60. The van der Waals surface area contributed by atoms with Crippen molar-refractivity contribution in [2.75, 3.05) is 23.9 Å². The van der Waals surface area contributed by atoms with Crippen LogP contribution >= 0.6 is 23.3 Å². The Bertz CT molecular complexity index is 346. The Morgan fingerprint density at radius 1 is 1.47 bits per heavy atom. The topological polar surface area (TPSA) is 50.9 Å². The van der Waals surface area contributed by atoms with Crippen LogP contribution < -0.4 is 11.1 Å². The van der Waals surface area contributed by atoms with Gasteiger partial charge in [-0.05, 0) is 36.5 Å². The molecule has 0 saturated heterocycles. The van der Waals surface area contributed by atoms with Crippen LogP contribution in [0.2, 0.25) is 0 Å². The van der Waals surface area contributed by atoms with Crippen LogP contribution in [0.3, 0.4) is 0 Å². The first-order chi connectivity index (χ1) is 8.31. The van der Waals surface area contributed by atoms with Gasteiger partial charge in [0.05, 0.1) is 4.90 Å². The minimum absolute atomic E-state index is 0.667. The van der Waals surface area contributed by atoms with Crippen molar-refractivity contribution >= 4 is 34.1 Å². The highest BCUT2D eigenvalue weighted by atomic mass is 32.2.